The Labute approximate surface area is 117 Å². The molecule has 2 rings (SSSR count). The Balaban J connectivity index is 2.06. The van der Waals surface area contributed by atoms with E-state index in [1.807, 2.05) is 0 Å². The predicted molar refractivity (Wildman–Crippen MR) is 75.1 cm³/mol. The van der Waals surface area contributed by atoms with Gasteiger partial charge in [-0.2, -0.15) is 0 Å². The largest absolute Gasteiger partial charge is 0.495 e. The number of methoxy groups -OCH3 is 1. The molecule has 2 N–H and O–H groups in total. The zero-order chi connectivity index (χ0) is 14.5. The molecule has 20 heavy (non-hydrogen) atoms. The molecule has 5 heteroatoms. The van der Waals surface area contributed by atoms with Crippen molar-refractivity contribution in [3.8, 4) is 5.75 Å². The van der Waals surface area contributed by atoms with Gasteiger partial charge in [-0.25, -0.2) is 4.79 Å². The fraction of sp³-hybridized carbons (Fsp3) is 0.333. The number of rotatable bonds is 5. The van der Waals surface area contributed by atoms with Crippen LogP contribution in [0.2, 0.25) is 0 Å². The minimum absolute atomic E-state index is 0.0945. The van der Waals surface area contributed by atoms with Gasteiger partial charge in [-0.05, 0) is 37.0 Å². The number of hydrogen-bond acceptors (Lipinski definition) is 3. The van der Waals surface area contributed by atoms with E-state index in [1.165, 1.54) is 19.2 Å². The Bertz CT molecular complexity index is 551. The number of carboxylic acids is 1. The molecule has 0 aliphatic heterocycles. The summed E-state index contributed by atoms with van der Waals surface area (Å²) in [5.74, 6) is -0.486. The molecule has 1 aliphatic rings. The van der Waals surface area contributed by atoms with Crippen LogP contribution in [0.3, 0.4) is 0 Å². The smallest absolute Gasteiger partial charge is 0.335 e. The third kappa shape index (κ3) is 3.38. The first kappa shape index (κ1) is 14.1. The fourth-order valence-corrected chi connectivity index (χ4v) is 2.23. The van der Waals surface area contributed by atoms with Crippen LogP contribution in [0.4, 0.5) is 5.69 Å². The van der Waals surface area contributed by atoms with E-state index < -0.39 is 5.97 Å². The average molecular weight is 275 g/mol. The van der Waals surface area contributed by atoms with E-state index in [2.05, 4.69) is 17.5 Å². The molecule has 1 atom stereocenters. The summed E-state index contributed by atoms with van der Waals surface area (Å²) in [5.41, 5.74) is 0.614. The van der Waals surface area contributed by atoms with Crippen LogP contribution >= 0.6 is 0 Å². The molecule has 0 spiro atoms. The minimum Gasteiger partial charge on any atom is -0.495 e. The minimum atomic E-state index is -1.03. The lowest BCUT2D eigenvalue weighted by atomic mass is 10.0. The maximum atomic E-state index is 11.9. The van der Waals surface area contributed by atoms with Gasteiger partial charge in [-0.15, -0.1) is 0 Å². The number of ether oxygens (including phenoxy) is 1. The first-order valence-electron chi connectivity index (χ1n) is 6.48. The molecule has 0 bridgehead atoms. The zero-order valence-corrected chi connectivity index (χ0v) is 11.3. The van der Waals surface area contributed by atoms with E-state index >= 15 is 0 Å². The Hall–Kier alpha value is -2.30. The van der Waals surface area contributed by atoms with E-state index in [-0.39, 0.29) is 11.5 Å². The molecule has 0 saturated carbocycles. The third-order valence-corrected chi connectivity index (χ3v) is 3.28. The number of carboxylic acid groups (broad SMARTS) is 1. The van der Waals surface area contributed by atoms with E-state index in [4.69, 9.17) is 9.84 Å². The molecular formula is C15H17NO4. The summed E-state index contributed by atoms with van der Waals surface area (Å²) >= 11 is 0. The van der Waals surface area contributed by atoms with Crippen molar-refractivity contribution >= 4 is 17.6 Å². The summed E-state index contributed by atoms with van der Waals surface area (Å²) in [7, 11) is 1.44. The highest BCUT2D eigenvalue weighted by Gasteiger charge is 2.16. The monoisotopic (exact) mass is 275 g/mol. The van der Waals surface area contributed by atoms with Crippen molar-refractivity contribution in [2.45, 2.75) is 19.3 Å². The zero-order valence-electron chi connectivity index (χ0n) is 11.3. The summed E-state index contributed by atoms with van der Waals surface area (Å²) < 4.78 is 5.11. The highest BCUT2D eigenvalue weighted by molar-refractivity contribution is 5.94. The lowest BCUT2D eigenvalue weighted by Gasteiger charge is -2.12. The number of nitrogens with one attached hydrogen (secondary N) is 1. The van der Waals surface area contributed by atoms with Gasteiger partial charge in [0.15, 0.2) is 0 Å². The quantitative estimate of drug-likeness (QED) is 0.810. The maximum absolute atomic E-state index is 11.9. The molecule has 0 saturated heterocycles. The van der Waals surface area contributed by atoms with Gasteiger partial charge in [0.2, 0.25) is 5.91 Å². The number of carbonyl (C=O) groups is 2. The van der Waals surface area contributed by atoms with Crippen LogP contribution in [-0.2, 0) is 4.79 Å². The molecule has 0 aromatic heterocycles. The van der Waals surface area contributed by atoms with Crippen molar-refractivity contribution in [2.24, 2.45) is 5.92 Å². The Kier molecular flexibility index (Phi) is 4.40. The second kappa shape index (κ2) is 6.23. The average Bonchev–Trinajstić information content (AvgIpc) is 2.91. The normalized spacial score (nSPS) is 16.9. The molecule has 1 unspecified atom stereocenters. The molecule has 1 aliphatic carbocycles. The number of anilines is 1. The molecule has 5 nitrogen and oxygen atoms in total. The summed E-state index contributed by atoms with van der Waals surface area (Å²) in [4.78, 5) is 22.8. The van der Waals surface area contributed by atoms with Gasteiger partial charge in [-0.3, -0.25) is 4.79 Å². The molecule has 1 amide bonds. The van der Waals surface area contributed by atoms with E-state index in [0.29, 0.717) is 23.8 Å². The van der Waals surface area contributed by atoms with Crippen LogP contribution in [0, 0.1) is 5.92 Å². The van der Waals surface area contributed by atoms with Crippen LogP contribution < -0.4 is 10.1 Å². The SMILES string of the molecule is COc1cc(C(=O)O)ccc1NC(=O)CC1C=CCC1. The third-order valence-electron chi connectivity index (χ3n) is 3.28. The lowest BCUT2D eigenvalue weighted by Crippen LogP contribution is -2.15. The fourth-order valence-electron chi connectivity index (χ4n) is 2.23. The molecule has 0 heterocycles. The summed E-state index contributed by atoms with van der Waals surface area (Å²) in [6.45, 7) is 0. The van der Waals surface area contributed by atoms with Gasteiger partial charge in [0.25, 0.3) is 0 Å². The van der Waals surface area contributed by atoms with Crippen LogP contribution in [0.25, 0.3) is 0 Å². The van der Waals surface area contributed by atoms with Crippen molar-refractivity contribution in [2.75, 3.05) is 12.4 Å². The van der Waals surface area contributed by atoms with Crippen LogP contribution in [-0.4, -0.2) is 24.1 Å². The van der Waals surface area contributed by atoms with E-state index in [9.17, 15) is 9.59 Å². The molecule has 106 valence electrons. The van der Waals surface area contributed by atoms with Crippen LogP contribution in [0.15, 0.2) is 30.4 Å². The number of benzene rings is 1. The maximum Gasteiger partial charge on any atom is 0.335 e. The molecule has 0 fully saturated rings. The first-order valence-corrected chi connectivity index (χ1v) is 6.48. The number of amides is 1. The predicted octanol–water partition coefficient (Wildman–Crippen LogP) is 2.69. The number of allylic oxidation sites excluding steroid dienone is 2. The van der Waals surface area contributed by atoms with E-state index in [1.54, 1.807) is 6.07 Å². The second-order valence-corrected chi connectivity index (χ2v) is 4.74. The Morgan fingerprint density at radius 1 is 1.45 bits per heavy atom. The topological polar surface area (TPSA) is 75.6 Å². The number of hydrogen-bond donors (Lipinski definition) is 2. The molecule has 0 radical (unpaired) electrons. The van der Waals surface area contributed by atoms with Crippen molar-refractivity contribution < 1.29 is 19.4 Å². The number of aromatic carboxylic acids is 1. The van der Waals surface area contributed by atoms with Gasteiger partial charge < -0.3 is 15.2 Å². The molecular weight excluding hydrogens is 258 g/mol. The Morgan fingerprint density at radius 2 is 2.25 bits per heavy atom. The summed E-state index contributed by atoms with van der Waals surface area (Å²) in [6, 6.07) is 4.38. The standard InChI is InChI=1S/C15H17NO4/c1-20-13-9-11(15(18)19)6-7-12(13)16-14(17)8-10-4-2-3-5-10/h2,4,6-7,9-10H,3,5,8H2,1H3,(H,16,17)(H,18,19). The first-order chi connectivity index (χ1) is 9.60. The van der Waals surface area contributed by atoms with Crippen LogP contribution in [0.1, 0.15) is 29.6 Å². The van der Waals surface area contributed by atoms with Crippen molar-refractivity contribution in [3.05, 3.63) is 35.9 Å². The van der Waals surface area contributed by atoms with E-state index in [0.717, 1.165) is 12.8 Å². The van der Waals surface area contributed by atoms with Crippen molar-refractivity contribution in [3.63, 3.8) is 0 Å². The summed E-state index contributed by atoms with van der Waals surface area (Å²) in [6.07, 6.45) is 6.60. The van der Waals surface area contributed by atoms with Crippen molar-refractivity contribution in [1.82, 2.24) is 0 Å². The molecule has 1 aromatic rings. The molecule has 1 aromatic carbocycles. The van der Waals surface area contributed by atoms with Gasteiger partial charge in [-0.1, -0.05) is 12.2 Å². The van der Waals surface area contributed by atoms with Gasteiger partial charge >= 0.3 is 5.97 Å². The van der Waals surface area contributed by atoms with Crippen molar-refractivity contribution in [1.29, 1.82) is 0 Å². The summed E-state index contributed by atoms with van der Waals surface area (Å²) in [5, 5.41) is 11.7. The number of carbonyl (C=O) groups excluding carboxylic acids is 1. The highest BCUT2D eigenvalue weighted by Crippen LogP contribution is 2.27. The van der Waals surface area contributed by atoms with Gasteiger partial charge in [0, 0.05) is 6.42 Å². The Morgan fingerprint density at radius 3 is 2.85 bits per heavy atom. The lowest BCUT2D eigenvalue weighted by molar-refractivity contribution is -0.116. The highest BCUT2D eigenvalue weighted by atomic mass is 16.5. The van der Waals surface area contributed by atoms with Gasteiger partial charge in [0.05, 0.1) is 18.4 Å². The van der Waals surface area contributed by atoms with Gasteiger partial charge in [0.1, 0.15) is 5.75 Å². The second-order valence-electron chi connectivity index (χ2n) is 4.74. The van der Waals surface area contributed by atoms with Crippen LogP contribution in [0.5, 0.6) is 5.75 Å².